The van der Waals surface area contributed by atoms with E-state index < -0.39 is 15.4 Å². The summed E-state index contributed by atoms with van der Waals surface area (Å²) in [4.78, 5) is 9.05. The first-order valence-corrected chi connectivity index (χ1v) is 12.5. The Labute approximate surface area is 202 Å². The van der Waals surface area contributed by atoms with Crippen molar-refractivity contribution >= 4 is 21.1 Å². The van der Waals surface area contributed by atoms with Gasteiger partial charge in [-0.1, -0.05) is 42.5 Å². The molecule has 2 aromatic carbocycles. The Kier molecular flexibility index (Phi) is 4.76. The maximum Gasteiger partial charge on any atom is 0.284 e. The van der Waals surface area contributed by atoms with Crippen LogP contribution in [0.25, 0.3) is 22.2 Å². The summed E-state index contributed by atoms with van der Waals surface area (Å²) < 4.78 is 27.3. The van der Waals surface area contributed by atoms with Crippen LogP contribution < -0.4 is 0 Å². The van der Waals surface area contributed by atoms with Gasteiger partial charge in [0, 0.05) is 17.8 Å². The molecule has 3 heterocycles. The lowest BCUT2D eigenvalue weighted by molar-refractivity contribution is 0.568. The molecule has 0 fully saturated rings. The van der Waals surface area contributed by atoms with Crippen molar-refractivity contribution in [2.75, 3.05) is 0 Å². The maximum atomic E-state index is 13.2. The summed E-state index contributed by atoms with van der Waals surface area (Å²) in [5.41, 5.74) is 4.13. The van der Waals surface area contributed by atoms with Crippen LogP contribution in [0.4, 0.5) is 0 Å². The van der Waals surface area contributed by atoms with E-state index in [4.69, 9.17) is 0 Å². The van der Waals surface area contributed by atoms with Gasteiger partial charge >= 0.3 is 0 Å². The molecular formula is C27H19N5O2S. The van der Waals surface area contributed by atoms with Crippen molar-refractivity contribution in [1.82, 2.24) is 19.2 Å². The molecule has 6 rings (SSSR count). The van der Waals surface area contributed by atoms with Crippen molar-refractivity contribution in [2.24, 2.45) is 0 Å². The second kappa shape index (κ2) is 7.86. The molecular weight excluding hydrogens is 458 g/mol. The minimum Gasteiger partial charge on any atom is -0.260 e. The van der Waals surface area contributed by atoms with E-state index in [2.05, 4.69) is 33.3 Å². The predicted molar refractivity (Wildman–Crippen MR) is 131 cm³/mol. The van der Waals surface area contributed by atoms with Crippen LogP contribution in [0.15, 0.2) is 96.3 Å². The second-order valence-corrected chi connectivity index (χ2v) is 10.4. The molecule has 0 radical (unpaired) electrons. The standard InChI is InChI=1S/C27H19N5O2S/c28-18-27(15-20-6-4-5-7-21(20)16-27)25-14-19(10-12-29-25)23-11-13-30-26-24(23)17-31-32(26)35(33,34)22-8-2-1-3-9-22/h1-14,17H,15-16H2. The van der Waals surface area contributed by atoms with Crippen molar-refractivity contribution < 1.29 is 8.42 Å². The van der Waals surface area contributed by atoms with Crippen molar-refractivity contribution in [1.29, 1.82) is 5.26 Å². The molecule has 0 amide bonds. The van der Waals surface area contributed by atoms with E-state index in [1.54, 1.807) is 30.6 Å². The molecule has 1 aliphatic carbocycles. The molecule has 3 aromatic heterocycles. The van der Waals surface area contributed by atoms with Gasteiger partial charge in [0.2, 0.25) is 0 Å². The second-order valence-electron chi connectivity index (χ2n) is 8.65. The molecule has 7 nitrogen and oxygen atoms in total. The Morgan fingerprint density at radius 2 is 1.57 bits per heavy atom. The van der Waals surface area contributed by atoms with Crippen LogP contribution >= 0.6 is 0 Å². The minimum atomic E-state index is -3.90. The quantitative estimate of drug-likeness (QED) is 0.383. The zero-order valence-electron chi connectivity index (χ0n) is 18.5. The van der Waals surface area contributed by atoms with E-state index in [-0.39, 0.29) is 10.5 Å². The average molecular weight is 478 g/mol. The summed E-state index contributed by atoms with van der Waals surface area (Å²) >= 11 is 0. The zero-order chi connectivity index (χ0) is 24.0. The van der Waals surface area contributed by atoms with E-state index in [0.717, 1.165) is 15.2 Å². The molecule has 0 unspecified atom stereocenters. The first-order valence-electron chi connectivity index (χ1n) is 11.1. The van der Waals surface area contributed by atoms with Gasteiger partial charge in [-0.15, -0.1) is 4.09 Å². The number of rotatable bonds is 4. The molecule has 0 spiro atoms. The highest BCUT2D eigenvalue weighted by atomic mass is 32.2. The summed E-state index contributed by atoms with van der Waals surface area (Å²) in [7, 11) is -3.90. The highest BCUT2D eigenvalue weighted by molar-refractivity contribution is 7.90. The van der Waals surface area contributed by atoms with Crippen LogP contribution in [-0.4, -0.2) is 27.6 Å². The first-order chi connectivity index (χ1) is 17.0. The normalized spacial score (nSPS) is 14.5. The predicted octanol–water partition coefficient (Wildman–Crippen LogP) is 4.29. The van der Waals surface area contributed by atoms with Gasteiger partial charge in [0.15, 0.2) is 5.65 Å². The fourth-order valence-electron chi connectivity index (χ4n) is 4.82. The Morgan fingerprint density at radius 3 is 2.29 bits per heavy atom. The molecule has 1 aliphatic rings. The third kappa shape index (κ3) is 3.32. The van der Waals surface area contributed by atoms with Crippen LogP contribution in [0.2, 0.25) is 0 Å². The van der Waals surface area contributed by atoms with Gasteiger partial charge in [-0.25, -0.2) is 4.98 Å². The highest BCUT2D eigenvalue weighted by Crippen LogP contribution is 2.40. The highest BCUT2D eigenvalue weighted by Gasteiger charge is 2.40. The van der Waals surface area contributed by atoms with Gasteiger partial charge in [-0.3, -0.25) is 4.98 Å². The first kappa shape index (κ1) is 21.2. The molecule has 170 valence electrons. The topological polar surface area (TPSA) is 102 Å². The molecule has 0 bridgehead atoms. The fourth-order valence-corrected chi connectivity index (χ4v) is 6.06. The van der Waals surface area contributed by atoms with Crippen molar-refractivity contribution in [3.8, 4) is 17.2 Å². The number of aromatic nitrogens is 4. The van der Waals surface area contributed by atoms with E-state index in [1.807, 2.05) is 30.3 Å². The third-order valence-corrected chi connectivity index (χ3v) is 8.18. The average Bonchev–Trinajstić information content (AvgIpc) is 3.52. The van der Waals surface area contributed by atoms with Gasteiger partial charge in [0.25, 0.3) is 10.0 Å². The molecule has 0 saturated heterocycles. The summed E-state index contributed by atoms with van der Waals surface area (Å²) in [6.45, 7) is 0. The lowest BCUT2D eigenvalue weighted by Crippen LogP contribution is -2.26. The van der Waals surface area contributed by atoms with E-state index in [1.165, 1.54) is 29.5 Å². The van der Waals surface area contributed by atoms with Crippen LogP contribution in [0.3, 0.4) is 0 Å². The Bertz CT molecular complexity index is 1710. The Morgan fingerprint density at radius 1 is 0.886 bits per heavy atom. The SMILES string of the molecule is N#CC1(c2cc(-c3ccnc4c3cnn4S(=O)(=O)c3ccccc3)ccn2)Cc2ccccc2C1. The number of hydrogen-bond donors (Lipinski definition) is 0. The van der Waals surface area contributed by atoms with Gasteiger partial charge in [0.05, 0.1) is 22.9 Å². The smallest absolute Gasteiger partial charge is 0.260 e. The van der Waals surface area contributed by atoms with Crippen molar-refractivity contribution in [2.45, 2.75) is 23.2 Å². The van der Waals surface area contributed by atoms with E-state index in [0.29, 0.717) is 23.9 Å². The number of nitrogens with zero attached hydrogens (tertiary/aromatic N) is 5. The molecule has 0 saturated carbocycles. The number of pyridine rings is 2. The number of hydrogen-bond acceptors (Lipinski definition) is 6. The van der Waals surface area contributed by atoms with E-state index in [9.17, 15) is 13.7 Å². The molecule has 35 heavy (non-hydrogen) atoms. The van der Waals surface area contributed by atoms with Crippen LogP contribution in [0.5, 0.6) is 0 Å². The maximum absolute atomic E-state index is 13.2. The van der Waals surface area contributed by atoms with Crippen molar-refractivity contribution in [3.05, 3.63) is 108 Å². The van der Waals surface area contributed by atoms with Gasteiger partial charge < -0.3 is 0 Å². The monoisotopic (exact) mass is 477 g/mol. The molecule has 0 N–H and O–H groups in total. The largest absolute Gasteiger partial charge is 0.284 e. The number of nitriles is 1. The Balaban J connectivity index is 1.45. The lowest BCUT2D eigenvalue weighted by Gasteiger charge is -2.20. The molecule has 0 atom stereocenters. The van der Waals surface area contributed by atoms with E-state index >= 15 is 0 Å². The van der Waals surface area contributed by atoms with Gasteiger partial charge in [-0.2, -0.15) is 18.8 Å². The molecule has 8 heteroatoms. The van der Waals surface area contributed by atoms with Gasteiger partial charge in [0.1, 0.15) is 5.41 Å². The van der Waals surface area contributed by atoms with Crippen molar-refractivity contribution in [3.63, 3.8) is 0 Å². The fraction of sp³-hybridized carbons (Fsp3) is 0.111. The number of benzene rings is 2. The summed E-state index contributed by atoms with van der Waals surface area (Å²) in [5, 5.41) is 15.0. The molecule has 0 aliphatic heterocycles. The van der Waals surface area contributed by atoms with Crippen LogP contribution in [-0.2, 0) is 28.3 Å². The van der Waals surface area contributed by atoms with Gasteiger partial charge in [-0.05, 0) is 65.4 Å². The van der Waals surface area contributed by atoms with Crippen LogP contribution in [0, 0.1) is 11.3 Å². The summed E-state index contributed by atoms with van der Waals surface area (Å²) in [6, 6.07) is 24.4. The Hall–Kier alpha value is -4.35. The lowest BCUT2D eigenvalue weighted by atomic mass is 9.81. The molecule has 5 aromatic rings. The third-order valence-electron chi connectivity index (χ3n) is 6.59. The number of fused-ring (bicyclic) bond motifs is 2. The summed E-state index contributed by atoms with van der Waals surface area (Å²) in [5.74, 6) is 0. The zero-order valence-corrected chi connectivity index (χ0v) is 19.4. The van der Waals surface area contributed by atoms with Crippen LogP contribution in [0.1, 0.15) is 16.8 Å². The minimum absolute atomic E-state index is 0.139. The summed E-state index contributed by atoms with van der Waals surface area (Å²) in [6.07, 6.45) is 6.00.